The van der Waals surface area contributed by atoms with Gasteiger partial charge in [-0.2, -0.15) is 0 Å². The van der Waals surface area contributed by atoms with Crippen molar-refractivity contribution in [3.05, 3.63) is 29.3 Å². The Bertz CT molecular complexity index is 742. The summed E-state index contributed by atoms with van der Waals surface area (Å²) in [4.78, 5) is 38.3. The van der Waals surface area contributed by atoms with Gasteiger partial charge in [0.1, 0.15) is 6.10 Å². The molecule has 0 unspecified atom stereocenters. The number of aryl methyl sites for hydroxylation is 2. The Hall–Kier alpha value is -2.41. The molecule has 4 rings (SSSR count). The van der Waals surface area contributed by atoms with Crippen molar-refractivity contribution in [1.82, 2.24) is 10.9 Å². The Balaban J connectivity index is 1.35. The predicted molar refractivity (Wildman–Crippen MR) is 94.2 cm³/mol. The van der Waals surface area contributed by atoms with Crippen LogP contribution in [-0.4, -0.2) is 37.0 Å². The van der Waals surface area contributed by atoms with Crippen molar-refractivity contribution < 1.29 is 19.1 Å². The standard InChI is InChI=1S/C19H23N3O4/c23-17-10-14(18(24)20-21-19(25)16-5-2-8-26-16)11-22(17)15-7-6-12-3-1-4-13(12)9-15/h6-7,9,14,16H,1-5,8,10-11H2,(H,20,24)(H,21,25)/t14-,16-/m0/s1. The molecular formula is C19H23N3O4. The summed E-state index contributed by atoms with van der Waals surface area (Å²) in [7, 11) is 0. The molecule has 0 saturated carbocycles. The second-order valence-corrected chi connectivity index (χ2v) is 7.19. The average molecular weight is 357 g/mol. The highest BCUT2D eigenvalue weighted by molar-refractivity contribution is 6.00. The normalized spacial score (nSPS) is 24.6. The Kier molecular flexibility index (Phi) is 4.63. The lowest BCUT2D eigenvalue weighted by Gasteiger charge is -2.18. The Labute approximate surface area is 152 Å². The third kappa shape index (κ3) is 3.31. The number of fused-ring (bicyclic) bond motifs is 1. The monoisotopic (exact) mass is 357 g/mol. The first-order valence-electron chi connectivity index (χ1n) is 9.25. The van der Waals surface area contributed by atoms with Gasteiger partial charge in [0.05, 0.1) is 5.92 Å². The molecule has 1 aliphatic carbocycles. The molecule has 0 bridgehead atoms. The SMILES string of the molecule is O=C(NNC(=O)[C@@H]1CCCO1)[C@H]1CC(=O)N(c2ccc3c(c2)CCC3)C1. The van der Waals surface area contributed by atoms with Crippen LogP contribution in [-0.2, 0) is 32.0 Å². The number of carbonyl (C=O) groups excluding carboxylic acids is 3. The molecule has 2 saturated heterocycles. The third-order valence-corrected chi connectivity index (χ3v) is 5.42. The van der Waals surface area contributed by atoms with Crippen molar-refractivity contribution in [3.63, 3.8) is 0 Å². The van der Waals surface area contributed by atoms with Gasteiger partial charge in [0, 0.05) is 25.3 Å². The van der Waals surface area contributed by atoms with Crippen LogP contribution < -0.4 is 15.8 Å². The topological polar surface area (TPSA) is 87.7 Å². The van der Waals surface area contributed by atoms with E-state index in [1.54, 1.807) is 4.90 Å². The summed E-state index contributed by atoms with van der Waals surface area (Å²) < 4.78 is 5.28. The highest BCUT2D eigenvalue weighted by Gasteiger charge is 2.36. The minimum absolute atomic E-state index is 0.0615. The van der Waals surface area contributed by atoms with E-state index in [-0.39, 0.29) is 24.1 Å². The maximum absolute atomic E-state index is 12.4. The van der Waals surface area contributed by atoms with Crippen LogP contribution in [0.1, 0.15) is 36.8 Å². The quantitative estimate of drug-likeness (QED) is 0.786. The summed E-state index contributed by atoms with van der Waals surface area (Å²) in [6.45, 7) is 0.901. The number of ether oxygens (including phenoxy) is 1. The van der Waals surface area contributed by atoms with Crippen LogP contribution in [0.5, 0.6) is 0 Å². The zero-order valence-electron chi connectivity index (χ0n) is 14.6. The van der Waals surface area contributed by atoms with Gasteiger partial charge in [-0.1, -0.05) is 6.07 Å². The van der Waals surface area contributed by atoms with Crippen molar-refractivity contribution in [2.24, 2.45) is 5.92 Å². The Morgan fingerprint density at radius 2 is 1.88 bits per heavy atom. The van der Waals surface area contributed by atoms with Crippen LogP contribution in [0.15, 0.2) is 18.2 Å². The zero-order chi connectivity index (χ0) is 18.1. The highest BCUT2D eigenvalue weighted by Crippen LogP contribution is 2.30. The number of carbonyl (C=O) groups is 3. The van der Waals surface area contributed by atoms with Gasteiger partial charge in [-0.25, -0.2) is 0 Å². The first-order chi connectivity index (χ1) is 12.6. The molecular weight excluding hydrogens is 334 g/mol. The number of hydrogen-bond donors (Lipinski definition) is 2. The number of hydrogen-bond acceptors (Lipinski definition) is 4. The van der Waals surface area contributed by atoms with Gasteiger partial charge in [0.15, 0.2) is 0 Å². The molecule has 2 aliphatic heterocycles. The summed E-state index contributed by atoms with van der Waals surface area (Å²) in [6, 6.07) is 6.11. The summed E-state index contributed by atoms with van der Waals surface area (Å²) in [5.74, 6) is -1.21. The minimum atomic E-state index is -0.497. The van der Waals surface area contributed by atoms with E-state index in [1.807, 2.05) is 6.07 Å². The van der Waals surface area contributed by atoms with E-state index in [0.29, 0.717) is 19.6 Å². The lowest BCUT2D eigenvalue weighted by Crippen LogP contribution is -2.48. The van der Waals surface area contributed by atoms with Crippen molar-refractivity contribution in [2.45, 2.75) is 44.6 Å². The molecule has 0 aromatic heterocycles. The number of anilines is 1. The molecule has 0 spiro atoms. The van der Waals surface area contributed by atoms with Crippen molar-refractivity contribution in [3.8, 4) is 0 Å². The summed E-state index contributed by atoms with van der Waals surface area (Å²) in [6.07, 6.45) is 4.46. The molecule has 7 nitrogen and oxygen atoms in total. The van der Waals surface area contributed by atoms with E-state index < -0.39 is 12.0 Å². The molecule has 2 heterocycles. The average Bonchev–Trinajstić information content (AvgIpc) is 3.38. The molecule has 3 aliphatic rings. The zero-order valence-corrected chi connectivity index (χ0v) is 14.6. The van der Waals surface area contributed by atoms with Crippen LogP contribution in [0.25, 0.3) is 0 Å². The van der Waals surface area contributed by atoms with Crippen molar-refractivity contribution >= 4 is 23.4 Å². The minimum Gasteiger partial charge on any atom is -0.368 e. The van der Waals surface area contributed by atoms with E-state index in [4.69, 9.17) is 4.74 Å². The third-order valence-electron chi connectivity index (χ3n) is 5.42. The second-order valence-electron chi connectivity index (χ2n) is 7.19. The predicted octanol–water partition coefficient (Wildman–Crippen LogP) is 0.855. The lowest BCUT2D eigenvalue weighted by molar-refractivity contribution is -0.136. The second kappa shape index (κ2) is 7.07. The van der Waals surface area contributed by atoms with Crippen molar-refractivity contribution in [2.75, 3.05) is 18.1 Å². The Morgan fingerprint density at radius 3 is 2.69 bits per heavy atom. The van der Waals surface area contributed by atoms with E-state index in [2.05, 4.69) is 23.0 Å². The van der Waals surface area contributed by atoms with Gasteiger partial charge in [0.25, 0.3) is 5.91 Å². The van der Waals surface area contributed by atoms with E-state index in [1.165, 1.54) is 11.1 Å². The number of benzene rings is 1. The summed E-state index contributed by atoms with van der Waals surface area (Å²) >= 11 is 0. The maximum atomic E-state index is 12.4. The lowest BCUT2D eigenvalue weighted by atomic mass is 10.1. The maximum Gasteiger partial charge on any atom is 0.267 e. The molecule has 2 atom stereocenters. The largest absolute Gasteiger partial charge is 0.368 e. The van der Waals surface area contributed by atoms with Gasteiger partial charge in [0.2, 0.25) is 11.8 Å². The van der Waals surface area contributed by atoms with E-state index in [9.17, 15) is 14.4 Å². The van der Waals surface area contributed by atoms with Crippen LogP contribution in [0.3, 0.4) is 0 Å². The van der Waals surface area contributed by atoms with Gasteiger partial charge in [-0.15, -0.1) is 0 Å². The van der Waals surface area contributed by atoms with Crippen LogP contribution >= 0.6 is 0 Å². The van der Waals surface area contributed by atoms with Gasteiger partial charge in [-0.05, 0) is 55.4 Å². The van der Waals surface area contributed by atoms with E-state index in [0.717, 1.165) is 31.4 Å². The van der Waals surface area contributed by atoms with Crippen LogP contribution in [0.2, 0.25) is 0 Å². The summed E-state index contributed by atoms with van der Waals surface area (Å²) in [5.41, 5.74) is 8.36. The molecule has 2 N–H and O–H groups in total. The Morgan fingerprint density at radius 1 is 1.08 bits per heavy atom. The molecule has 1 aromatic rings. The number of hydrazine groups is 1. The number of amides is 3. The number of rotatable bonds is 3. The molecule has 7 heteroatoms. The van der Waals surface area contributed by atoms with Crippen LogP contribution in [0, 0.1) is 5.92 Å². The molecule has 26 heavy (non-hydrogen) atoms. The fraction of sp³-hybridized carbons (Fsp3) is 0.526. The molecule has 138 valence electrons. The first kappa shape index (κ1) is 17.0. The van der Waals surface area contributed by atoms with Gasteiger partial charge < -0.3 is 9.64 Å². The summed E-state index contributed by atoms with van der Waals surface area (Å²) in [5, 5.41) is 0. The van der Waals surface area contributed by atoms with Gasteiger partial charge >= 0.3 is 0 Å². The fourth-order valence-electron chi connectivity index (χ4n) is 3.95. The van der Waals surface area contributed by atoms with Crippen LogP contribution in [0.4, 0.5) is 5.69 Å². The molecule has 1 aromatic carbocycles. The molecule has 3 amide bonds. The molecule has 2 fully saturated rings. The molecule has 0 radical (unpaired) electrons. The van der Waals surface area contributed by atoms with E-state index >= 15 is 0 Å². The van der Waals surface area contributed by atoms with Gasteiger partial charge in [-0.3, -0.25) is 25.2 Å². The van der Waals surface area contributed by atoms with Crippen molar-refractivity contribution in [1.29, 1.82) is 0 Å². The fourth-order valence-corrected chi connectivity index (χ4v) is 3.95. The first-order valence-corrected chi connectivity index (χ1v) is 9.25. The number of nitrogens with zero attached hydrogens (tertiary/aromatic N) is 1. The smallest absolute Gasteiger partial charge is 0.267 e. The number of nitrogens with one attached hydrogen (secondary N) is 2. The highest BCUT2D eigenvalue weighted by atomic mass is 16.5.